The van der Waals surface area contributed by atoms with Gasteiger partial charge in [0.15, 0.2) is 25.9 Å². The Hall–Kier alpha value is -3.54. The summed E-state index contributed by atoms with van der Waals surface area (Å²) in [5.74, 6) is -0.229. The van der Waals surface area contributed by atoms with Gasteiger partial charge in [-0.3, -0.25) is 9.36 Å². The van der Waals surface area contributed by atoms with Crippen LogP contribution in [0, 0.1) is 0 Å². The molecule has 2 aromatic heterocycles. The van der Waals surface area contributed by atoms with E-state index in [4.69, 9.17) is 0 Å². The van der Waals surface area contributed by atoms with E-state index in [1.54, 1.807) is 34.9 Å². The van der Waals surface area contributed by atoms with Crippen LogP contribution < -0.4 is 5.32 Å². The fourth-order valence-electron chi connectivity index (χ4n) is 3.42. The van der Waals surface area contributed by atoms with Crippen LogP contribution in [0.25, 0.3) is 15.9 Å². The molecule has 1 N–H and O–H groups in total. The lowest BCUT2D eigenvalue weighted by atomic mass is 10.3. The predicted molar refractivity (Wildman–Crippen MR) is 138 cm³/mol. The maximum absolute atomic E-state index is 13.0. The number of fused-ring (bicyclic) bond motifs is 1. The smallest absolute Gasteiger partial charge is 0.236 e. The highest BCUT2D eigenvalue weighted by Gasteiger charge is 2.23. The molecule has 8 nitrogen and oxygen atoms in total. The number of amides is 1. The number of sulfone groups is 1. The van der Waals surface area contributed by atoms with Gasteiger partial charge in [-0.05, 0) is 36.4 Å². The molecule has 0 saturated carbocycles. The second-order valence-corrected chi connectivity index (χ2v) is 11.4. The zero-order chi connectivity index (χ0) is 24.3. The lowest BCUT2D eigenvalue weighted by molar-refractivity contribution is -0.113. The van der Waals surface area contributed by atoms with E-state index in [0.29, 0.717) is 16.0 Å². The Morgan fingerprint density at radius 2 is 1.60 bits per heavy atom. The summed E-state index contributed by atoms with van der Waals surface area (Å²) >= 11 is 2.58. The van der Waals surface area contributed by atoms with Crippen LogP contribution in [-0.4, -0.2) is 39.8 Å². The highest BCUT2D eigenvalue weighted by Crippen LogP contribution is 2.27. The SMILES string of the molecule is O=C(CSc1nnc(CS(=O)(=O)c2ccccc2)n1-c1ccccc1)Nc1nc2ccccc2s1. The van der Waals surface area contributed by atoms with Crippen molar-refractivity contribution in [2.45, 2.75) is 15.8 Å². The minimum atomic E-state index is -3.63. The van der Waals surface area contributed by atoms with Crippen LogP contribution in [0.3, 0.4) is 0 Å². The zero-order valence-electron chi connectivity index (χ0n) is 18.2. The van der Waals surface area contributed by atoms with Crippen LogP contribution in [0.4, 0.5) is 5.13 Å². The molecule has 35 heavy (non-hydrogen) atoms. The Bertz CT molecular complexity index is 1550. The number of carbonyl (C=O) groups is 1. The number of para-hydroxylation sites is 2. The molecule has 5 rings (SSSR count). The van der Waals surface area contributed by atoms with Crippen molar-refractivity contribution in [1.82, 2.24) is 19.7 Å². The maximum atomic E-state index is 13.0. The third-order valence-electron chi connectivity index (χ3n) is 5.01. The van der Waals surface area contributed by atoms with E-state index in [2.05, 4.69) is 20.5 Å². The summed E-state index contributed by atoms with van der Waals surface area (Å²) < 4.78 is 28.6. The lowest BCUT2D eigenvalue weighted by Crippen LogP contribution is -2.15. The highest BCUT2D eigenvalue weighted by atomic mass is 32.2. The van der Waals surface area contributed by atoms with Crippen molar-refractivity contribution >= 4 is 54.2 Å². The number of aromatic nitrogens is 4. The predicted octanol–water partition coefficient (Wildman–Crippen LogP) is 4.58. The van der Waals surface area contributed by atoms with Gasteiger partial charge < -0.3 is 5.32 Å². The quantitative estimate of drug-likeness (QED) is 0.298. The molecule has 0 bridgehead atoms. The first-order valence-corrected chi connectivity index (χ1v) is 14.0. The van der Waals surface area contributed by atoms with E-state index in [1.807, 2.05) is 54.6 Å². The number of carbonyl (C=O) groups excluding carboxylic acids is 1. The van der Waals surface area contributed by atoms with Gasteiger partial charge in [0, 0.05) is 5.69 Å². The Morgan fingerprint density at radius 3 is 2.34 bits per heavy atom. The summed E-state index contributed by atoms with van der Waals surface area (Å²) in [5, 5.41) is 12.1. The van der Waals surface area contributed by atoms with Crippen LogP contribution >= 0.6 is 23.1 Å². The second kappa shape index (κ2) is 9.98. The summed E-state index contributed by atoms with van der Waals surface area (Å²) in [7, 11) is -3.63. The van der Waals surface area contributed by atoms with Crippen LogP contribution in [0.2, 0.25) is 0 Å². The molecule has 176 valence electrons. The number of thiazole rings is 1. The highest BCUT2D eigenvalue weighted by molar-refractivity contribution is 7.99. The zero-order valence-corrected chi connectivity index (χ0v) is 20.7. The van der Waals surface area contributed by atoms with Crippen LogP contribution in [0.15, 0.2) is 95.0 Å². The Balaban J connectivity index is 1.37. The van der Waals surface area contributed by atoms with Gasteiger partial charge in [-0.1, -0.05) is 71.6 Å². The standard InChI is InChI=1S/C24H19N5O3S3/c30-22(26-23-25-19-13-7-8-14-20(19)34-23)15-33-24-28-27-21(29(24)17-9-3-1-4-10-17)16-35(31,32)18-11-5-2-6-12-18/h1-14H,15-16H2,(H,25,26,30). The number of hydrogen-bond acceptors (Lipinski definition) is 8. The van der Waals surface area contributed by atoms with Gasteiger partial charge in [0.05, 0.1) is 20.9 Å². The first-order chi connectivity index (χ1) is 17.0. The number of anilines is 1. The minimum Gasteiger partial charge on any atom is -0.301 e. The normalized spacial score (nSPS) is 11.5. The van der Waals surface area contributed by atoms with Gasteiger partial charge in [0.25, 0.3) is 0 Å². The van der Waals surface area contributed by atoms with Gasteiger partial charge in [0.1, 0.15) is 5.75 Å². The maximum Gasteiger partial charge on any atom is 0.236 e. The molecular weight excluding hydrogens is 502 g/mol. The third-order valence-corrected chi connectivity index (χ3v) is 8.52. The molecule has 0 aliphatic rings. The molecule has 1 amide bonds. The van der Waals surface area contributed by atoms with Gasteiger partial charge in [-0.25, -0.2) is 13.4 Å². The molecule has 3 aromatic carbocycles. The summed E-state index contributed by atoms with van der Waals surface area (Å²) in [4.78, 5) is 17.3. The van der Waals surface area contributed by atoms with Crippen molar-refractivity contribution in [2.24, 2.45) is 0 Å². The number of thioether (sulfide) groups is 1. The van der Waals surface area contributed by atoms with E-state index in [1.165, 1.54) is 23.1 Å². The minimum absolute atomic E-state index is 0.0618. The third kappa shape index (κ3) is 5.26. The topological polar surface area (TPSA) is 107 Å². The van der Waals surface area contributed by atoms with Gasteiger partial charge in [0.2, 0.25) is 5.91 Å². The average Bonchev–Trinajstić information content (AvgIpc) is 3.46. The van der Waals surface area contributed by atoms with E-state index in [9.17, 15) is 13.2 Å². The number of benzene rings is 3. The molecule has 5 aromatic rings. The molecule has 2 heterocycles. The first-order valence-electron chi connectivity index (χ1n) is 10.6. The van der Waals surface area contributed by atoms with Gasteiger partial charge in [-0.15, -0.1) is 10.2 Å². The van der Waals surface area contributed by atoms with Gasteiger partial charge in [-0.2, -0.15) is 0 Å². The van der Waals surface area contributed by atoms with Crippen molar-refractivity contribution in [3.8, 4) is 5.69 Å². The van der Waals surface area contributed by atoms with Crippen molar-refractivity contribution in [3.63, 3.8) is 0 Å². The summed E-state index contributed by atoms with van der Waals surface area (Å²) in [6.07, 6.45) is 0. The summed E-state index contributed by atoms with van der Waals surface area (Å²) in [6.45, 7) is 0. The molecule has 0 atom stereocenters. The fourth-order valence-corrected chi connectivity index (χ4v) is 6.33. The summed E-state index contributed by atoms with van der Waals surface area (Å²) in [6, 6.07) is 25.1. The Morgan fingerprint density at radius 1 is 0.914 bits per heavy atom. The number of nitrogens with zero attached hydrogens (tertiary/aromatic N) is 4. The Kier molecular flexibility index (Phi) is 6.62. The van der Waals surface area contributed by atoms with E-state index < -0.39 is 9.84 Å². The average molecular weight is 522 g/mol. The molecule has 0 saturated heterocycles. The van der Waals surface area contributed by atoms with Crippen molar-refractivity contribution in [1.29, 1.82) is 0 Å². The monoisotopic (exact) mass is 521 g/mol. The summed E-state index contributed by atoms with van der Waals surface area (Å²) in [5.41, 5.74) is 1.54. The number of nitrogens with one attached hydrogen (secondary N) is 1. The largest absolute Gasteiger partial charge is 0.301 e. The number of rotatable bonds is 8. The molecular formula is C24H19N5O3S3. The van der Waals surface area contributed by atoms with E-state index in [0.717, 1.165) is 10.2 Å². The molecule has 0 aliphatic carbocycles. The van der Waals surface area contributed by atoms with Crippen LogP contribution in [0.5, 0.6) is 0 Å². The molecule has 0 spiro atoms. The molecule has 0 radical (unpaired) electrons. The molecule has 0 fully saturated rings. The Labute approximate surface area is 210 Å². The van der Waals surface area contributed by atoms with Crippen LogP contribution in [0.1, 0.15) is 5.82 Å². The van der Waals surface area contributed by atoms with Crippen molar-refractivity contribution in [2.75, 3.05) is 11.1 Å². The molecule has 0 aliphatic heterocycles. The van der Waals surface area contributed by atoms with Crippen molar-refractivity contribution < 1.29 is 13.2 Å². The molecule has 11 heteroatoms. The van der Waals surface area contributed by atoms with Gasteiger partial charge >= 0.3 is 0 Å². The molecule has 0 unspecified atom stereocenters. The van der Waals surface area contributed by atoms with E-state index >= 15 is 0 Å². The first kappa shape index (κ1) is 23.2. The second-order valence-electron chi connectivity index (χ2n) is 7.47. The van der Waals surface area contributed by atoms with Crippen molar-refractivity contribution in [3.05, 3.63) is 90.8 Å². The number of hydrogen-bond donors (Lipinski definition) is 1. The fraction of sp³-hybridized carbons (Fsp3) is 0.0833. The lowest BCUT2D eigenvalue weighted by Gasteiger charge is -2.10. The van der Waals surface area contributed by atoms with Crippen LogP contribution in [-0.2, 0) is 20.4 Å². The van der Waals surface area contributed by atoms with E-state index in [-0.39, 0.29) is 28.1 Å².